The number of ether oxygens (including phenoxy) is 1. The number of amides is 2. The third kappa shape index (κ3) is 7.69. The molecule has 0 unspecified atom stereocenters. The highest BCUT2D eigenvalue weighted by molar-refractivity contribution is 7.90. The quantitative estimate of drug-likeness (QED) is 0.452. The molecule has 0 saturated heterocycles. The molecular weight excluding hydrogens is 492 g/mol. The van der Waals surface area contributed by atoms with E-state index in [0.717, 1.165) is 26.2 Å². The number of benzene rings is 2. The molecule has 0 heterocycles. The van der Waals surface area contributed by atoms with E-state index < -0.39 is 28.7 Å². The Labute approximate surface area is 221 Å². The summed E-state index contributed by atoms with van der Waals surface area (Å²) in [7, 11) is 0.390. The molecule has 0 aliphatic rings. The van der Waals surface area contributed by atoms with Gasteiger partial charge in [0.1, 0.15) is 18.3 Å². The zero-order valence-electron chi connectivity index (χ0n) is 23.1. The van der Waals surface area contributed by atoms with E-state index in [1.807, 2.05) is 39.0 Å². The van der Waals surface area contributed by atoms with Crippen LogP contribution in [-0.2, 0) is 26.3 Å². The van der Waals surface area contributed by atoms with Gasteiger partial charge in [-0.3, -0.25) is 9.59 Å². The third-order valence-electron chi connectivity index (χ3n) is 6.31. The summed E-state index contributed by atoms with van der Waals surface area (Å²) < 4.78 is 34.2. The summed E-state index contributed by atoms with van der Waals surface area (Å²) in [6.45, 7) is 8.81. The maximum Gasteiger partial charge on any atom is 0.304 e. The molecule has 2 rings (SSSR count). The Kier molecular flexibility index (Phi) is 10.5. The number of carbonyl (C=O) groups is 2. The van der Waals surface area contributed by atoms with E-state index in [-0.39, 0.29) is 18.5 Å². The normalized spacial score (nSPS) is 13.1. The Bertz CT molecular complexity index is 1200. The van der Waals surface area contributed by atoms with Gasteiger partial charge in [0.15, 0.2) is 0 Å². The maximum absolute atomic E-state index is 13.8. The molecule has 2 amide bonds. The van der Waals surface area contributed by atoms with Crippen LogP contribution in [0.2, 0.25) is 0 Å². The summed E-state index contributed by atoms with van der Waals surface area (Å²) in [4.78, 5) is 28.3. The van der Waals surface area contributed by atoms with Crippen LogP contribution in [0.3, 0.4) is 0 Å². The fourth-order valence-electron chi connectivity index (χ4n) is 3.71. The fourth-order valence-corrected chi connectivity index (χ4v) is 4.82. The molecule has 0 bridgehead atoms. The van der Waals surface area contributed by atoms with Crippen molar-refractivity contribution in [2.24, 2.45) is 0 Å². The summed E-state index contributed by atoms with van der Waals surface area (Å²) in [6.07, 6.45) is 0.740. The van der Waals surface area contributed by atoms with Crippen LogP contribution in [0.25, 0.3) is 0 Å². The van der Waals surface area contributed by atoms with Gasteiger partial charge in [0.25, 0.3) is 0 Å². The van der Waals surface area contributed by atoms with E-state index in [2.05, 4.69) is 5.32 Å². The molecule has 2 atom stereocenters. The lowest BCUT2D eigenvalue weighted by Gasteiger charge is -2.33. The largest absolute Gasteiger partial charge is 0.497 e. The highest BCUT2D eigenvalue weighted by Crippen LogP contribution is 2.26. The molecule has 2 aromatic rings. The number of nitrogens with zero attached hydrogens (tertiary/aromatic N) is 3. The van der Waals surface area contributed by atoms with Gasteiger partial charge in [0.05, 0.1) is 12.8 Å². The van der Waals surface area contributed by atoms with Gasteiger partial charge in [-0.1, -0.05) is 31.2 Å². The van der Waals surface area contributed by atoms with Crippen LogP contribution in [0.15, 0.2) is 42.5 Å². The molecule has 0 aliphatic heterocycles. The maximum atomic E-state index is 13.8. The molecule has 0 radical (unpaired) electrons. The van der Waals surface area contributed by atoms with E-state index in [4.69, 9.17) is 4.74 Å². The lowest BCUT2D eigenvalue weighted by molar-refractivity contribution is -0.139. The SMILES string of the molecule is CC[C@@H](C)NC(=O)[C@H](C)N(Cc1cccc(OC)c1)C(=O)CN(c1cc(C)ccc1C)S(=O)(=O)N(C)C. The summed E-state index contributed by atoms with van der Waals surface area (Å²) in [6, 6.07) is 11.8. The van der Waals surface area contributed by atoms with Crippen molar-refractivity contribution in [3.05, 3.63) is 59.2 Å². The van der Waals surface area contributed by atoms with Crippen LogP contribution in [-0.4, -0.2) is 69.3 Å². The van der Waals surface area contributed by atoms with E-state index in [1.54, 1.807) is 45.2 Å². The number of hydrogen-bond donors (Lipinski definition) is 1. The highest BCUT2D eigenvalue weighted by atomic mass is 32.2. The highest BCUT2D eigenvalue weighted by Gasteiger charge is 2.33. The molecule has 204 valence electrons. The van der Waals surface area contributed by atoms with Crippen LogP contribution in [0.1, 0.15) is 43.9 Å². The van der Waals surface area contributed by atoms with Crippen molar-refractivity contribution < 1.29 is 22.7 Å². The van der Waals surface area contributed by atoms with Crippen LogP contribution in [0.5, 0.6) is 5.75 Å². The second-order valence-corrected chi connectivity index (χ2v) is 11.5. The Morgan fingerprint density at radius 2 is 1.73 bits per heavy atom. The van der Waals surface area contributed by atoms with Crippen molar-refractivity contribution in [1.82, 2.24) is 14.5 Å². The molecular formula is C27H40N4O5S. The standard InChI is InChI=1S/C27H40N4O5S/c1-9-21(4)28-27(33)22(5)30(17-23-11-10-12-24(16-23)36-8)26(32)18-31(37(34,35)29(6)7)25-15-19(2)13-14-20(25)3/h10-16,21-22H,9,17-18H2,1-8H3,(H,28,33)/t21-,22+/m1/s1. The lowest BCUT2D eigenvalue weighted by atomic mass is 10.1. The molecule has 0 aromatic heterocycles. The molecule has 0 fully saturated rings. The summed E-state index contributed by atoms with van der Waals surface area (Å²) in [5.41, 5.74) is 2.75. The molecule has 0 spiro atoms. The van der Waals surface area contributed by atoms with E-state index in [9.17, 15) is 18.0 Å². The minimum absolute atomic E-state index is 0.0655. The smallest absolute Gasteiger partial charge is 0.304 e. The Balaban J connectivity index is 2.52. The zero-order chi connectivity index (χ0) is 27.9. The van der Waals surface area contributed by atoms with Gasteiger partial charge in [-0.05, 0) is 69.0 Å². The van der Waals surface area contributed by atoms with Crippen molar-refractivity contribution in [2.75, 3.05) is 32.1 Å². The number of carbonyl (C=O) groups excluding carboxylic acids is 2. The molecule has 37 heavy (non-hydrogen) atoms. The number of aryl methyl sites for hydroxylation is 2. The molecule has 0 aliphatic carbocycles. The van der Waals surface area contributed by atoms with E-state index >= 15 is 0 Å². The van der Waals surface area contributed by atoms with Crippen LogP contribution in [0.4, 0.5) is 5.69 Å². The van der Waals surface area contributed by atoms with Gasteiger partial charge < -0.3 is 15.0 Å². The lowest BCUT2D eigenvalue weighted by Crippen LogP contribution is -2.53. The van der Waals surface area contributed by atoms with Crippen molar-refractivity contribution in [3.63, 3.8) is 0 Å². The Morgan fingerprint density at radius 3 is 2.32 bits per heavy atom. The Hall–Kier alpha value is -3.11. The molecule has 0 saturated carbocycles. The molecule has 1 N–H and O–H groups in total. The average Bonchev–Trinajstić information content (AvgIpc) is 2.86. The first-order chi connectivity index (χ1) is 17.3. The first-order valence-electron chi connectivity index (χ1n) is 12.3. The predicted octanol–water partition coefficient (Wildman–Crippen LogP) is 3.26. The van der Waals surface area contributed by atoms with E-state index in [1.165, 1.54) is 19.0 Å². The molecule has 2 aromatic carbocycles. The molecule has 9 nitrogen and oxygen atoms in total. The second kappa shape index (κ2) is 12.9. The van der Waals surface area contributed by atoms with Crippen LogP contribution in [0, 0.1) is 13.8 Å². The molecule has 10 heteroatoms. The summed E-state index contributed by atoms with van der Waals surface area (Å²) in [5.74, 6) is -0.186. The number of methoxy groups -OCH3 is 1. The number of rotatable bonds is 12. The number of anilines is 1. The van der Waals surface area contributed by atoms with E-state index in [0.29, 0.717) is 17.0 Å². The first kappa shape index (κ1) is 30.1. The monoisotopic (exact) mass is 532 g/mol. The van der Waals surface area contributed by atoms with Gasteiger partial charge >= 0.3 is 10.2 Å². The van der Waals surface area contributed by atoms with Gasteiger partial charge in [0, 0.05) is 26.7 Å². The van der Waals surface area contributed by atoms with Crippen molar-refractivity contribution >= 4 is 27.7 Å². The van der Waals surface area contributed by atoms with Crippen molar-refractivity contribution in [2.45, 2.75) is 59.7 Å². The van der Waals surface area contributed by atoms with Gasteiger partial charge in [-0.2, -0.15) is 12.7 Å². The second-order valence-electron chi connectivity index (χ2n) is 9.45. The number of nitrogens with one attached hydrogen (secondary N) is 1. The fraction of sp³-hybridized carbons (Fsp3) is 0.481. The topological polar surface area (TPSA) is 99.3 Å². The van der Waals surface area contributed by atoms with Gasteiger partial charge in [-0.25, -0.2) is 4.31 Å². The minimum Gasteiger partial charge on any atom is -0.497 e. The predicted molar refractivity (Wildman–Crippen MR) is 147 cm³/mol. The van der Waals surface area contributed by atoms with Crippen LogP contribution < -0.4 is 14.4 Å². The average molecular weight is 533 g/mol. The van der Waals surface area contributed by atoms with Crippen molar-refractivity contribution in [3.8, 4) is 5.75 Å². The Morgan fingerprint density at radius 1 is 1.05 bits per heavy atom. The minimum atomic E-state index is -4.01. The third-order valence-corrected chi connectivity index (χ3v) is 8.11. The van der Waals surface area contributed by atoms with Gasteiger partial charge in [-0.15, -0.1) is 0 Å². The number of hydrogen-bond acceptors (Lipinski definition) is 5. The van der Waals surface area contributed by atoms with Crippen LogP contribution >= 0.6 is 0 Å². The first-order valence-corrected chi connectivity index (χ1v) is 13.7. The van der Waals surface area contributed by atoms with Gasteiger partial charge in [0.2, 0.25) is 11.8 Å². The van der Waals surface area contributed by atoms with Crippen molar-refractivity contribution in [1.29, 1.82) is 0 Å². The zero-order valence-corrected chi connectivity index (χ0v) is 23.9. The summed E-state index contributed by atoms with van der Waals surface area (Å²) >= 11 is 0. The summed E-state index contributed by atoms with van der Waals surface area (Å²) in [5, 5.41) is 2.93.